The number of ether oxygens (including phenoxy) is 1. The van der Waals surface area contributed by atoms with E-state index in [-0.39, 0.29) is 46.1 Å². The van der Waals surface area contributed by atoms with Crippen LogP contribution in [0.15, 0.2) is 0 Å². The summed E-state index contributed by atoms with van der Waals surface area (Å²) in [5, 5.41) is 22.0. The van der Waals surface area contributed by atoms with Crippen molar-refractivity contribution in [2.24, 2.45) is 39.4 Å². The van der Waals surface area contributed by atoms with Crippen molar-refractivity contribution >= 4 is 11.8 Å². The Morgan fingerprint density at radius 1 is 1.03 bits per heavy atom. The Morgan fingerprint density at radius 2 is 1.69 bits per heavy atom. The second kappa shape index (κ2) is 6.29. The molecule has 4 fully saturated rings. The molecule has 0 aromatic rings. The maximum absolute atomic E-state index is 12.8. The minimum atomic E-state index is -0.660. The molecule has 0 heterocycles. The normalized spacial score (nSPS) is 53.6. The van der Waals surface area contributed by atoms with Gasteiger partial charge in [-0.15, -0.1) is 0 Å². The van der Waals surface area contributed by atoms with Crippen molar-refractivity contribution < 1.29 is 24.5 Å². The van der Waals surface area contributed by atoms with Gasteiger partial charge in [0.1, 0.15) is 11.9 Å². The molecule has 4 saturated carbocycles. The molecule has 0 bridgehead atoms. The van der Waals surface area contributed by atoms with E-state index in [0.717, 1.165) is 19.3 Å². The predicted molar refractivity (Wildman–Crippen MR) is 109 cm³/mol. The molecule has 0 spiro atoms. The maximum atomic E-state index is 12.8. The first kappa shape index (κ1) is 21.3. The number of carbonyl (C=O) groups is 2. The summed E-state index contributed by atoms with van der Waals surface area (Å²) in [6.07, 6.45) is 2.72. The second-order valence-corrected chi connectivity index (χ2v) is 11.7. The summed E-state index contributed by atoms with van der Waals surface area (Å²) in [5.41, 5.74) is -1.09. The molecule has 5 heteroatoms. The number of ketones is 1. The number of carbonyl (C=O) groups excluding carboxylic acids is 2. The molecule has 4 aliphatic carbocycles. The number of aliphatic hydroxyl groups excluding tert-OH is 2. The molecule has 0 unspecified atom stereocenters. The SMILES string of the molecule is CC(=O)O[C@@H]1C[C@@H]2[C@@]3(C)CCC(=O)C(C)(C)[C@@H]3CC[C@@]2(C)[C@@]2(C)[C@H]1[C@@H](O)C[C@@H]2O. The van der Waals surface area contributed by atoms with E-state index in [1.807, 2.05) is 0 Å². The Morgan fingerprint density at radius 3 is 2.31 bits per heavy atom. The Balaban J connectivity index is 1.83. The van der Waals surface area contributed by atoms with Crippen LogP contribution >= 0.6 is 0 Å². The van der Waals surface area contributed by atoms with Gasteiger partial charge in [-0.25, -0.2) is 0 Å². The van der Waals surface area contributed by atoms with Gasteiger partial charge < -0.3 is 14.9 Å². The first-order valence-electron chi connectivity index (χ1n) is 11.4. The van der Waals surface area contributed by atoms with E-state index < -0.39 is 17.6 Å². The summed E-state index contributed by atoms with van der Waals surface area (Å²) < 4.78 is 5.80. The number of esters is 1. The third-order valence-electron chi connectivity index (χ3n) is 10.5. The van der Waals surface area contributed by atoms with Gasteiger partial charge in [-0.3, -0.25) is 9.59 Å². The lowest BCUT2D eigenvalue weighted by Gasteiger charge is -2.69. The van der Waals surface area contributed by atoms with Crippen LogP contribution < -0.4 is 0 Å². The van der Waals surface area contributed by atoms with Crippen LogP contribution in [-0.2, 0) is 14.3 Å². The van der Waals surface area contributed by atoms with Crippen LogP contribution in [-0.4, -0.2) is 40.3 Å². The molecular weight excluding hydrogens is 368 g/mol. The Hall–Kier alpha value is -0.940. The summed E-state index contributed by atoms with van der Waals surface area (Å²) in [6, 6.07) is 0. The molecule has 4 rings (SSSR count). The molecule has 29 heavy (non-hydrogen) atoms. The van der Waals surface area contributed by atoms with Crippen molar-refractivity contribution in [3.8, 4) is 0 Å². The average Bonchev–Trinajstić information content (AvgIpc) is 2.84. The van der Waals surface area contributed by atoms with Crippen molar-refractivity contribution in [1.29, 1.82) is 0 Å². The molecule has 0 aliphatic heterocycles. The lowest BCUT2D eigenvalue weighted by atomic mass is 9.35. The highest BCUT2D eigenvalue weighted by atomic mass is 16.5. The van der Waals surface area contributed by atoms with Gasteiger partial charge in [0.15, 0.2) is 0 Å². The minimum Gasteiger partial charge on any atom is -0.462 e. The lowest BCUT2D eigenvalue weighted by molar-refractivity contribution is -0.249. The van der Waals surface area contributed by atoms with Crippen LogP contribution in [0.2, 0.25) is 0 Å². The fourth-order valence-electron chi connectivity index (χ4n) is 8.88. The maximum Gasteiger partial charge on any atom is 0.302 e. The molecule has 0 saturated heterocycles. The molecule has 0 radical (unpaired) electrons. The Labute approximate surface area is 174 Å². The van der Waals surface area contributed by atoms with E-state index >= 15 is 0 Å². The third-order valence-corrected chi connectivity index (χ3v) is 10.5. The van der Waals surface area contributed by atoms with Crippen molar-refractivity contribution in [3.63, 3.8) is 0 Å². The highest BCUT2D eigenvalue weighted by Gasteiger charge is 2.73. The van der Waals surface area contributed by atoms with E-state index in [1.165, 1.54) is 6.92 Å². The molecule has 164 valence electrons. The topological polar surface area (TPSA) is 83.8 Å². The number of Topliss-reactive ketones (excluding diaryl/α,β-unsaturated/α-hetero) is 1. The van der Waals surface area contributed by atoms with Crippen molar-refractivity contribution in [2.45, 2.75) is 98.4 Å². The number of fused-ring (bicyclic) bond motifs is 5. The zero-order valence-corrected chi connectivity index (χ0v) is 18.8. The number of rotatable bonds is 1. The van der Waals surface area contributed by atoms with E-state index in [0.29, 0.717) is 25.0 Å². The first-order valence-corrected chi connectivity index (χ1v) is 11.4. The van der Waals surface area contributed by atoms with Gasteiger partial charge in [-0.05, 0) is 48.3 Å². The summed E-state index contributed by atoms with van der Waals surface area (Å²) in [6.45, 7) is 12.4. The Kier molecular flexibility index (Phi) is 4.62. The number of aliphatic hydroxyl groups is 2. The fraction of sp³-hybridized carbons (Fsp3) is 0.917. The van der Waals surface area contributed by atoms with Crippen molar-refractivity contribution in [2.75, 3.05) is 0 Å². The monoisotopic (exact) mass is 406 g/mol. The van der Waals surface area contributed by atoms with Crippen LogP contribution in [0.5, 0.6) is 0 Å². The van der Waals surface area contributed by atoms with Crippen molar-refractivity contribution in [3.05, 3.63) is 0 Å². The highest BCUT2D eigenvalue weighted by molar-refractivity contribution is 5.85. The smallest absolute Gasteiger partial charge is 0.302 e. The second-order valence-electron chi connectivity index (χ2n) is 11.7. The number of hydrogen-bond acceptors (Lipinski definition) is 5. The van der Waals surface area contributed by atoms with E-state index in [4.69, 9.17) is 4.74 Å². The average molecular weight is 407 g/mol. The van der Waals surface area contributed by atoms with Crippen LogP contribution in [0.4, 0.5) is 0 Å². The van der Waals surface area contributed by atoms with Crippen molar-refractivity contribution in [1.82, 2.24) is 0 Å². The zero-order valence-electron chi connectivity index (χ0n) is 18.8. The molecule has 0 aromatic heterocycles. The van der Waals surface area contributed by atoms with Crippen LogP contribution in [0.25, 0.3) is 0 Å². The van der Waals surface area contributed by atoms with Gasteiger partial charge in [0.05, 0.1) is 12.2 Å². The first-order chi connectivity index (χ1) is 13.3. The molecule has 9 atom stereocenters. The highest BCUT2D eigenvalue weighted by Crippen LogP contribution is 2.74. The summed E-state index contributed by atoms with van der Waals surface area (Å²) in [7, 11) is 0. The lowest BCUT2D eigenvalue weighted by Crippen LogP contribution is -2.67. The van der Waals surface area contributed by atoms with E-state index in [9.17, 15) is 19.8 Å². The van der Waals surface area contributed by atoms with Gasteiger partial charge >= 0.3 is 5.97 Å². The van der Waals surface area contributed by atoms with Crippen LogP contribution in [0, 0.1) is 39.4 Å². The van der Waals surface area contributed by atoms with Crippen LogP contribution in [0.1, 0.15) is 80.1 Å². The largest absolute Gasteiger partial charge is 0.462 e. The Bertz CT molecular complexity index is 731. The van der Waals surface area contributed by atoms with Gasteiger partial charge in [0.25, 0.3) is 0 Å². The summed E-state index contributed by atoms with van der Waals surface area (Å²) in [5.74, 6) is 0.297. The zero-order chi connectivity index (χ0) is 21.6. The molecule has 2 N–H and O–H groups in total. The summed E-state index contributed by atoms with van der Waals surface area (Å²) >= 11 is 0. The van der Waals surface area contributed by atoms with Gasteiger partial charge in [0, 0.05) is 36.5 Å². The quantitative estimate of drug-likeness (QED) is 0.651. The van der Waals surface area contributed by atoms with Gasteiger partial charge in [0.2, 0.25) is 0 Å². The molecular formula is C24H38O5. The van der Waals surface area contributed by atoms with Crippen LogP contribution in [0.3, 0.4) is 0 Å². The third kappa shape index (κ3) is 2.52. The molecule has 0 aromatic carbocycles. The molecule has 0 amide bonds. The van der Waals surface area contributed by atoms with Gasteiger partial charge in [-0.2, -0.15) is 0 Å². The molecule has 5 nitrogen and oxygen atoms in total. The van der Waals surface area contributed by atoms with E-state index in [2.05, 4.69) is 34.6 Å². The minimum absolute atomic E-state index is 0.0515. The van der Waals surface area contributed by atoms with Gasteiger partial charge in [-0.1, -0.05) is 34.6 Å². The summed E-state index contributed by atoms with van der Waals surface area (Å²) in [4.78, 5) is 24.7. The van der Waals surface area contributed by atoms with E-state index in [1.54, 1.807) is 0 Å². The number of hydrogen-bond donors (Lipinski definition) is 2. The molecule has 4 aliphatic rings. The fourth-order valence-corrected chi connectivity index (χ4v) is 8.88. The predicted octanol–water partition coefficient (Wildman–Crippen LogP) is 3.50. The standard InChI is InChI=1S/C24H38O5/c1-13(25)29-15-12-17-22(4)9-8-18(27)21(2,3)16(22)7-10-23(17,5)24(6)19(28)11-14(26)20(15)24/h14-17,19-20,26,28H,7-12H2,1-6H3/t14-,15+,16-,17+,19-,20-,22-,23+,24+/m0/s1.